The summed E-state index contributed by atoms with van der Waals surface area (Å²) in [5.41, 5.74) is 3.29. The van der Waals surface area contributed by atoms with Crippen molar-refractivity contribution in [3.8, 4) is 0 Å². The number of carbonyl (C=O) groups excluding carboxylic acids is 4. The Bertz CT molecular complexity index is 1050. The van der Waals surface area contributed by atoms with Crippen LogP contribution in [0.25, 0.3) is 0 Å². The lowest BCUT2D eigenvalue weighted by Crippen LogP contribution is -2.54. The molecule has 0 aromatic heterocycles. The summed E-state index contributed by atoms with van der Waals surface area (Å²) in [5.74, 6) is -1.99. The molecule has 0 bridgehead atoms. The van der Waals surface area contributed by atoms with E-state index >= 15 is 0 Å². The molecule has 2 heterocycles. The summed E-state index contributed by atoms with van der Waals surface area (Å²) >= 11 is 0. The van der Waals surface area contributed by atoms with Gasteiger partial charge in [-0.25, -0.2) is 0 Å². The first-order valence-corrected chi connectivity index (χ1v) is 9.81. The molecule has 4 rings (SSSR count). The van der Waals surface area contributed by atoms with Crippen LogP contribution in [0.5, 0.6) is 0 Å². The highest BCUT2D eigenvalue weighted by atomic mass is 16.2. The van der Waals surface area contributed by atoms with Gasteiger partial charge in [0.15, 0.2) is 0 Å². The maximum absolute atomic E-state index is 13.1. The summed E-state index contributed by atoms with van der Waals surface area (Å²) in [7, 11) is 1.87. The number of nitrogens with one attached hydrogen (secondary N) is 3. The molecule has 1 fully saturated rings. The van der Waals surface area contributed by atoms with Gasteiger partial charge in [0.05, 0.1) is 11.1 Å². The van der Waals surface area contributed by atoms with Gasteiger partial charge in [-0.2, -0.15) is 0 Å². The fourth-order valence-electron chi connectivity index (χ4n) is 3.96. The third kappa shape index (κ3) is 3.46. The number of hydrogen-bond acceptors (Lipinski definition) is 6. The van der Waals surface area contributed by atoms with E-state index in [0.717, 1.165) is 16.2 Å². The Hall–Kier alpha value is -3.52. The van der Waals surface area contributed by atoms with E-state index in [1.54, 1.807) is 18.2 Å². The number of fused-ring (bicyclic) bond motifs is 1. The molecule has 3 N–H and O–H groups in total. The lowest BCUT2D eigenvalue weighted by molar-refractivity contribution is -0.136. The third-order valence-corrected chi connectivity index (χ3v) is 5.41. The van der Waals surface area contributed by atoms with Gasteiger partial charge in [0.1, 0.15) is 6.04 Å². The van der Waals surface area contributed by atoms with E-state index in [4.69, 9.17) is 0 Å². The van der Waals surface area contributed by atoms with Crippen LogP contribution in [-0.2, 0) is 22.7 Å². The Kier molecular flexibility index (Phi) is 5.33. The number of anilines is 1. The summed E-state index contributed by atoms with van der Waals surface area (Å²) in [4.78, 5) is 50.7. The van der Waals surface area contributed by atoms with Crippen molar-refractivity contribution in [1.82, 2.24) is 15.5 Å². The van der Waals surface area contributed by atoms with Gasteiger partial charge in [-0.3, -0.25) is 29.4 Å². The van der Waals surface area contributed by atoms with Crippen LogP contribution in [0.1, 0.15) is 44.7 Å². The molecule has 0 saturated carbocycles. The Labute approximate surface area is 173 Å². The molecule has 2 aliphatic rings. The van der Waals surface area contributed by atoms with E-state index in [2.05, 4.69) is 16.0 Å². The molecule has 0 radical (unpaired) electrons. The van der Waals surface area contributed by atoms with Crippen LogP contribution in [0.2, 0.25) is 0 Å². The lowest BCUT2D eigenvalue weighted by atomic mass is 10.0. The van der Waals surface area contributed by atoms with Gasteiger partial charge in [0.25, 0.3) is 11.8 Å². The molecule has 2 aromatic carbocycles. The fraction of sp³-hybridized carbons (Fsp3) is 0.273. The van der Waals surface area contributed by atoms with Gasteiger partial charge >= 0.3 is 0 Å². The number of imide groups is 2. The van der Waals surface area contributed by atoms with Crippen LogP contribution in [-0.4, -0.2) is 41.6 Å². The Morgan fingerprint density at radius 2 is 1.73 bits per heavy atom. The number of rotatable bonds is 6. The van der Waals surface area contributed by atoms with Crippen LogP contribution in [0.3, 0.4) is 0 Å². The standard InChI is InChI=1S/C22H22N4O4/c1-23-11-13-5-2-3-8-16(13)24-12-14-6-4-7-15-19(14)22(30)26(21(15)29)17-9-10-18(27)25-20(17)28/h2-8,17,23-24H,9-12H2,1H3,(H,25,27,28). The first kappa shape index (κ1) is 19.8. The zero-order chi connectivity index (χ0) is 21.3. The number of piperidine rings is 1. The molecular formula is C22H22N4O4. The predicted molar refractivity (Wildman–Crippen MR) is 110 cm³/mol. The maximum atomic E-state index is 13.1. The van der Waals surface area contributed by atoms with E-state index in [1.807, 2.05) is 31.3 Å². The highest BCUT2D eigenvalue weighted by Crippen LogP contribution is 2.30. The monoisotopic (exact) mass is 406 g/mol. The summed E-state index contributed by atoms with van der Waals surface area (Å²) in [6, 6.07) is 12.0. The van der Waals surface area contributed by atoms with Gasteiger partial charge in [-0.1, -0.05) is 30.3 Å². The van der Waals surface area contributed by atoms with Gasteiger partial charge in [-0.15, -0.1) is 0 Å². The SMILES string of the molecule is CNCc1ccccc1NCc1cccc2c1C(=O)N(C1CCC(=O)NC1=O)C2=O. The lowest BCUT2D eigenvalue weighted by Gasteiger charge is -2.27. The van der Waals surface area contributed by atoms with E-state index in [-0.39, 0.29) is 18.4 Å². The number of hydrogen-bond donors (Lipinski definition) is 3. The Morgan fingerprint density at radius 1 is 0.967 bits per heavy atom. The molecule has 8 nitrogen and oxygen atoms in total. The topological polar surface area (TPSA) is 108 Å². The van der Waals surface area contributed by atoms with E-state index < -0.39 is 29.7 Å². The fourth-order valence-corrected chi connectivity index (χ4v) is 3.96. The molecule has 1 atom stereocenters. The normalized spacial score (nSPS) is 18.4. The smallest absolute Gasteiger partial charge is 0.262 e. The van der Waals surface area contributed by atoms with Crippen molar-refractivity contribution >= 4 is 29.3 Å². The molecule has 154 valence electrons. The van der Waals surface area contributed by atoms with Gasteiger partial charge in [0.2, 0.25) is 11.8 Å². The Morgan fingerprint density at radius 3 is 2.50 bits per heavy atom. The molecule has 1 unspecified atom stereocenters. The van der Waals surface area contributed by atoms with E-state index in [9.17, 15) is 19.2 Å². The second kappa shape index (κ2) is 8.08. The average Bonchev–Trinajstić information content (AvgIpc) is 2.99. The first-order chi connectivity index (χ1) is 14.5. The molecule has 2 aromatic rings. The van der Waals surface area contributed by atoms with Crippen LogP contribution in [0.15, 0.2) is 42.5 Å². The minimum atomic E-state index is -0.965. The summed E-state index contributed by atoms with van der Waals surface area (Å²) in [6.07, 6.45) is 0.238. The first-order valence-electron chi connectivity index (χ1n) is 9.81. The minimum Gasteiger partial charge on any atom is -0.381 e. The van der Waals surface area contributed by atoms with Crippen molar-refractivity contribution in [1.29, 1.82) is 0 Å². The van der Waals surface area contributed by atoms with Crippen molar-refractivity contribution in [2.24, 2.45) is 0 Å². The highest BCUT2D eigenvalue weighted by Gasteiger charge is 2.45. The van der Waals surface area contributed by atoms with Crippen molar-refractivity contribution < 1.29 is 19.2 Å². The number of carbonyl (C=O) groups is 4. The molecular weight excluding hydrogens is 384 g/mol. The van der Waals surface area contributed by atoms with Gasteiger partial charge < -0.3 is 10.6 Å². The maximum Gasteiger partial charge on any atom is 0.262 e. The highest BCUT2D eigenvalue weighted by molar-refractivity contribution is 6.24. The molecule has 1 saturated heterocycles. The quantitative estimate of drug-likeness (QED) is 0.627. The largest absolute Gasteiger partial charge is 0.381 e. The van der Waals surface area contributed by atoms with E-state index in [0.29, 0.717) is 24.2 Å². The van der Waals surface area contributed by atoms with Gasteiger partial charge in [-0.05, 0) is 36.7 Å². The Balaban J connectivity index is 1.59. The van der Waals surface area contributed by atoms with Crippen molar-refractivity contribution in [2.45, 2.75) is 32.0 Å². The zero-order valence-electron chi connectivity index (χ0n) is 16.5. The number of nitrogens with zero attached hydrogens (tertiary/aromatic N) is 1. The average molecular weight is 406 g/mol. The predicted octanol–water partition coefficient (Wildman–Crippen LogP) is 1.42. The third-order valence-electron chi connectivity index (χ3n) is 5.41. The second-order valence-electron chi connectivity index (χ2n) is 7.33. The summed E-state index contributed by atoms with van der Waals surface area (Å²) < 4.78 is 0. The summed E-state index contributed by atoms with van der Waals surface area (Å²) in [6.45, 7) is 1.04. The van der Waals surface area contributed by atoms with Crippen LogP contribution in [0, 0.1) is 0 Å². The number of amides is 4. The zero-order valence-corrected chi connectivity index (χ0v) is 16.5. The van der Waals surface area contributed by atoms with Crippen molar-refractivity contribution in [3.05, 3.63) is 64.7 Å². The van der Waals surface area contributed by atoms with Crippen LogP contribution >= 0.6 is 0 Å². The van der Waals surface area contributed by atoms with Crippen LogP contribution in [0.4, 0.5) is 5.69 Å². The number of para-hydroxylation sites is 1. The van der Waals surface area contributed by atoms with Crippen molar-refractivity contribution in [2.75, 3.05) is 12.4 Å². The molecule has 30 heavy (non-hydrogen) atoms. The molecule has 2 aliphatic heterocycles. The number of benzene rings is 2. The molecule has 0 spiro atoms. The minimum absolute atomic E-state index is 0.0977. The molecule has 0 aliphatic carbocycles. The second-order valence-corrected chi connectivity index (χ2v) is 7.33. The molecule has 4 amide bonds. The van der Waals surface area contributed by atoms with Gasteiger partial charge in [0, 0.05) is 25.2 Å². The summed E-state index contributed by atoms with van der Waals surface area (Å²) in [5, 5.41) is 8.67. The van der Waals surface area contributed by atoms with E-state index in [1.165, 1.54) is 0 Å². The van der Waals surface area contributed by atoms with Crippen molar-refractivity contribution in [3.63, 3.8) is 0 Å². The molecule has 8 heteroatoms. The van der Waals surface area contributed by atoms with Crippen LogP contribution < -0.4 is 16.0 Å².